The summed E-state index contributed by atoms with van der Waals surface area (Å²) in [4.78, 5) is 30.1. The van der Waals surface area contributed by atoms with E-state index in [1.807, 2.05) is 38.1 Å². The zero-order valence-corrected chi connectivity index (χ0v) is 27.7. The molecule has 0 saturated heterocycles. The van der Waals surface area contributed by atoms with Crippen molar-refractivity contribution in [2.45, 2.75) is 78.3 Å². The van der Waals surface area contributed by atoms with Crippen molar-refractivity contribution in [2.75, 3.05) is 11.3 Å². The lowest BCUT2D eigenvalue weighted by atomic mass is 9.88. The summed E-state index contributed by atoms with van der Waals surface area (Å²) in [5, 5.41) is 12.9. The molecule has 0 amide bonds. The lowest BCUT2D eigenvalue weighted by Crippen LogP contribution is -2.38. The summed E-state index contributed by atoms with van der Waals surface area (Å²) >= 11 is 0. The summed E-state index contributed by atoms with van der Waals surface area (Å²) in [7, 11) is -1.82. The predicted octanol–water partition coefficient (Wildman–Crippen LogP) is 6.48. The SMILES string of the molecule is Cc1cccc(C)c1-c1cc(OCC(CC(C)(C)C)NCc2nccc(C(C)C)n2)nc(NS(=O)c2cccc(C(=O)O)c2)n1. The van der Waals surface area contributed by atoms with E-state index in [4.69, 9.17) is 9.72 Å². The van der Waals surface area contributed by atoms with Crippen molar-refractivity contribution in [1.82, 2.24) is 25.3 Å². The topological polar surface area (TPSA) is 139 Å². The maximum atomic E-state index is 13.3. The molecule has 3 N–H and O–H groups in total. The monoisotopic (exact) mass is 630 g/mol. The van der Waals surface area contributed by atoms with Gasteiger partial charge < -0.3 is 15.2 Å². The summed E-state index contributed by atoms with van der Waals surface area (Å²) in [6.07, 6.45) is 2.61. The van der Waals surface area contributed by atoms with E-state index in [0.717, 1.165) is 34.6 Å². The van der Waals surface area contributed by atoms with Crippen molar-refractivity contribution in [1.29, 1.82) is 0 Å². The smallest absolute Gasteiger partial charge is 0.335 e. The Balaban J connectivity index is 1.61. The van der Waals surface area contributed by atoms with Crippen LogP contribution in [0.15, 0.2) is 65.7 Å². The fraction of sp³-hybridized carbons (Fsp3) is 0.382. The highest BCUT2D eigenvalue weighted by molar-refractivity contribution is 7.86. The molecule has 4 aromatic rings. The second-order valence-corrected chi connectivity index (χ2v) is 13.8. The van der Waals surface area contributed by atoms with Gasteiger partial charge in [0.2, 0.25) is 11.8 Å². The van der Waals surface area contributed by atoms with Gasteiger partial charge in [-0.2, -0.15) is 4.98 Å². The van der Waals surface area contributed by atoms with E-state index in [1.54, 1.807) is 24.4 Å². The number of anilines is 1. The number of carboxylic acid groups (broad SMARTS) is 1. The quantitative estimate of drug-likeness (QED) is 0.151. The molecule has 0 radical (unpaired) electrons. The zero-order chi connectivity index (χ0) is 32.7. The molecule has 11 heteroatoms. The molecule has 0 saturated carbocycles. The van der Waals surface area contributed by atoms with Crippen LogP contribution in [0.1, 0.15) is 80.0 Å². The molecule has 2 atom stereocenters. The van der Waals surface area contributed by atoms with Crippen LogP contribution in [0.2, 0.25) is 0 Å². The van der Waals surface area contributed by atoms with E-state index >= 15 is 0 Å². The van der Waals surface area contributed by atoms with Gasteiger partial charge in [0, 0.05) is 29.6 Å². The average Bonchev–Trinajstić information content (AvgIpc) is 2.98. The Morgan fingerprint density at radius 3 is 2.38 bits per heavy atom. The fourth-order valence-electron chi connectivity index (χ4n) is 4.95. The summed E-state index contributed by atoms with van der Waals surface area (Å²) in [5.74, 6) is 0.349. The van der Waals surface area contributed by atoms with Gasteiger partial charge in [-0.05, 0) is 67.0 Å². The molecule has 45 heavy (non-hydrogen) atoms. The second kappa shape index (κ2) is 14.7. The summed E-state index contributed by atoms with van der Waals surface area (Å²) in [5.41, 5.74) is 4.65. The minimum atomic E-state index is -1.82. The van der Waals surface area contributed by atoms with Crippen LogP contribution in [0, 0.1) is 19.3 Å². The van der Waals surface area contributed by atoms with Gasteiger partial charge in [-0.3, -0.25) is 4.72 Å². The number of benzene rings is 2. The minimum Gasteiger partial charge on any atom is -0.478 e. The van der Waals surface area contributed by atoms with Gasteiger partial charge in [0.05, 0.1) is 22.7 Å². The first-order valence-electron chi connectivity index (χ1n) is 14.9. The number of hydrogen-bond acceptors (Lipinski definition) is 8. The van der Waals surface area contributed by atoms with Gasteiger partial charge in [0.15, 0.2) is 11.0 Å². The standard InChI is InChI=1S/C34H42N6O4S/c1-21(2)27-14-15-35-29(37-27)19-36-25(18-34(5,6)7)20-44-30-17-28(31-22(3)10-8-11-23(31)4)38-33(39-30)40-45(43)26-13-9-12-24(16-26)32(41)42/h8-17,21,25,36H,18-20H2,1-7H3,(H,41,42)(H,38,39,40). The van der Waals surface area contributed by atoms with Gasteiger partial charge >= 0.3 is 5.97 Å². The normalized spacial score (nSPS) is 13.0. The first-order chi connectivity index (χ1) is 21.3. The molecule has 0 aliphatic heterocycles. The number of hydrogen-bond donors (Lipinski definition) is 3. The van der Waals surface area contributed by atoms with Gasteiger partial charge in [0.25, 0.3) is 0 Å². The van der Waals surface area contributed by atoms with Crippen molar-refractivity contribution >= 4 is 22.9 Å². The van der Waals surface area contributed by atoms with Crippen LogP contribution in [0.5, 0.6) is 5.88 Å². The highest BCUT2D eigenvalue weighted by Gasteiger charge is 2.21. The lowest BCUT2D eigenvalue weighted by Gasteiger charge is -2.27. The first-order valence-corrected chi connectivity index (χ1v) is 16.1. The number of carboxylic acids is 1. The summed E-state index contributed by atoms with van der Waals surface area (Å²) < 4.78 is 22.4. The van der Waals surface area contributed by atoms with Gasteiger partial charge in [-0.1, -0.05) is 58.9 Å². The van der Waals surface area contributed by atoms with Crippen molar-refractivity contribution in [3.8, 4) is 17.1 Å². The number of aryl methyl sites for hydroxylation is 2. The number of carbonyl (C=O) groups is 1. The summed E-state index contributed by atoms with van der Waals surface area (Å²) in [6, 6.07) is 15.6. The Kier molecular flexibility index (Phi) is 11.0. The highest BCUT2D eigenvalue weighted by Crippen LogP contribution is 2.29. The highest BCUT2D eigenvalue weighted by atomic mass is 32.2. The average molecular weight is 631 g/mol. The van der Waals surface area contributed by atoms with Gasteiger partial charge in [-0.15, -0.1) is 0 Å². The molecule has 2 heterocycles. The van der Waals surface area contributed by atoms with Gasteiger partial charge in [-0.25, -0.2) is 24.0 Å². The van der Waals surface area contributed by atoms with Crippen LogP contribution in [-0.4, -0.2) is 47.9 Å². The van der Waals surface area contributed by atoms with E-state index < -0.39 is 17.0 Å². The Morgan fingerprint density at radius 2 is 1.71 bits per heavy atom. The molecule has 2 aromatic heterocycles. The Morgan fingerprint density at radius 1 is 1.00 bits per heavy atom. The number of rotatable bonds is 13. The van der Waals surface area contributed by atoms with E-state index in [0.29, 0.717) is 30.6 Å². The van der Waals surface area contributed by atoms with Crippen molar-refractivity contribution < 1.29 is 18.8 Å². The minimum absolute atomic E-state index is 0.0187. The van der Waals surface area contributed by atoms with Crippen LogP contribution in [0.3, 0.4) is 0 Å². The van der Waals surface area contributed by atoms with Crippen LogP contribution < -0.4 is 14.8 Å². The zero-order valence-electron chi connectivity index (χ0n) is 26.9. The Bertz CT molecular complexity index is 1650. The molecular formula is C34H42N6O4S. The number of aromatic carboxylic acids is 1. The third-order valence-electron chi connectivity index (χ3n) is 7.08. The van der Waals surface area contributed by atoms with Crippen molar-refractivity contribution in [3.63, 3.8) is 0 Å². The van der Waals surface area contributed by atoms with Crippen LogP contribution in [0.25, 0.3) is 11.3 Å². The molecule has 0 aliphatic carbocycles. The molecule has 4 rings (SSSR count). The first kappa shape index (κ1) is 33.7. The van der Waals surface area contributed by atoms with Crippen molar-refractivity contribution in [3.05, 3.63) is 89.0 Å². The fourth-order valence-corrected chi connectivity index (χ4v) is 5.76. The molecule has 0 bridgehead atoms. The number of nitrogens with one attached hydrogen (secondary N) is 2. The number of nitrogens with zero attached hydrogens (tertiary/aromatic N) is 4. The molecule has 2 unspecified atom stereocenters. The number of aromatic nitrogens is 4. The molecule has 0 aliphatic rings. The summed E-state index contributed by atoms with van der Waals surface area (Å²) in [6.45, 7) is 15.6. The molecule has 238 valence electrons. The Labute approximate surface area is 267 Å². The van der Waals surface area contributed by atoms with Crippen molar-refractivity contribution in [2.24, 2.45) is 5.41 Å². The maximum Gasteiger partial charge on any atom is 0.335 e. The molecule has 10 nitrogen and oxygen atoms in total. The lowest BCUT2D eigenvalue weighted by molar-refractivity contribution is 0.0696. The van der Waals surface area contributed by atoms with E-state index in [9.17, 15) is 14.1 Å². The largest absolute Gasteiger partial charge is 0.478 e. The van der Waals surface area contributed by atoms with E-state index in [-0.39, 0.29) is 27.9 Å². The maximum absolute atomic E-state index is 13.3. The van der Waals surface area contributed by atoms with Crippen LogP contribution in [0.4, 0.5) is 5.95 Å². The van der Waals surface area contributed by atoms with E-state index in [1.165, 1.54) is 12.1 Å². The predicted molar refractivity (Wildman–Crippen MR) is 177 cm³/mol. The molecule has 0 fully saturated rings. The molecule has 2 aromatic carbocycles. The third-order valence-corrected chi connectivity index (χ3v) is 8.13. The van der Waals surface area contributed by atoms with Crippen LogP contribution in [-0.2, 0) is 17.5 Å². The third kappa shape index (κ3) is 9.63. The molecule has 0 spiro atoms. The van der Waals surface area contributed by atoms with Gasteiger partial charge in [0.1, 0.15) is 12.4 Å². The second-order valence-electron chi connectivity index (χ2n) is 12.6. The Hall–Kier alpha value is -4.22. The number of ether oxygens (including phenoxy) is 1. The van der Waals surface area contributed by atoms with E-state index in [2.05, 4.69) is 59.6 Å². The molecular weight excluding hydrogens is 588 g/mol. The van der Waals surface area contributed by atoms with Crippen LogP contribution >= 0.6 is 0 Å².